The van der Waals surface area contributed by atoms with Crippen molar-refractivity contribution in [1.29, 1.82) is 0 Å². The quantitative estimate of drug-likeness (QED) is 0.450. The topological polar surface area (TPSA) is 0 Å². The number of hydrogen-bond acceptors (Lipinski definition) is 0. The Morgan fingerprint density at radius 1 is 1.14 bits per heavy atom. The van der Waals surface area contributed by atoms with Gasteiger partial charge in [-0.1, -0.05) is 0 Å². The van der Waals surface area contributed by atoms with E-state index in [1.807, 2.05) is 0 Å². The fraction of sp³-hybridized carbons (Fsp3) is 1.00. The van der Waals surface area contributed by atoms with Gasteiger partial charge in [0, 0.05) is 20.4 Å². The second-order valence-electron chi connectivity index (χ2n) is 0.884. The van der Waals surface area contributed by atoms with E-state index >= 15 is 0 Å². The molecule has 0 amide bonds. The molecule has 0 N–H and O–H groups in total. The Kier molecular flexibility index (Phi) is 35.8. The van der Waals surface area contributed by atoms with Crippen molar-refractivity contribution in [2.45, 2.75) is 0 Å². The molecule has 0 saturated heterocycles. The maximum atomic E-state index is 2.25. The SMILES string of the molecule is CPCPC.[Re].[Rf]. The molecule has 0 fully saturated rings. The zero-order chi connectivity index (χ0) is 4.12. The van der Waals surface area contributed by atoms with Crippen molar-refractivity contribution >= 4 is 17.2 Å². The molecule has 0 aliphatic rings. The zero-order valence-electron chi connectivity index (χ0n) is 4.79. The van der Waals surface area contributed by atoms with Crippen LogP contribution in [0, 0.1) is 0 Å². The molecule has 0 aromatic rings. The summed E-state index contributed by atoms with van der Waals surface area (Å²) in [6.45, 7) is 4.49. The van der Waals surface area contributed by atoms with Crippen LogP contribution >= 0.6 is 17.2 Å². The Labute approximate surface area is 57.1 Å². The van der Waals surface area contributed by atoms with Crippen LogP contribution in [0.15, 0.2) is 0 Å². The molecule has 2 unspecified atom stereocenters. The first kappa shape index (κ1) is 15.6. The van der Waals surface area contributed by atoms with E-state index in [9.17, 15) is 0 Å². The van der Waals surface area contributed by atoms with E-state index in [0.29, 0.717) is 0 Å². The molecule has 0 aliphatic heterocycles. The smallest absolute Gasteiger partial charge is 0 e. The van der Waals surface area contributed by atoms with Gasteiger partial charge in [0.15, 0.2) is 0 Å². The van der Waals surface area contributed by atoms with Gasteiger partial charge in [-0.2, -0.15) is 0 Å². The van der Waals surface area contributed by atoms with Gasteiger partial charge in [0.1, 0.15) is 0 Å². The summed E-state index contributed by atoms with van der Waals surface area (Å²) in [7, 11) is 2.34. The minimum atomic E-state index is 0. The molecule has 1 radical (unpaired) electrons. The Morgan fingerprint density at radius 2 is 1.43 bits per heavy atom. The number of hydrogen-bond donors (Lipinski definition) is 0. The van der Waals surface area contributed by atoms with Gasteiger partial charge in [0.05, 0.1) is 0 Å². The fourth-order valence-corrected chi connectivity index (χ4v) is 1.59. The van der Waals surface area contributed by atoms with E-state index in [1.165, 1.54) is 23.1 Å². The molecule has 4 heteroatoms. The molecule has 0 nitrogen and oxygen atoms in total. The van der Waals surface area contributed by atoms with Crippen LogP contribution in [0.4, 0.5) is 0 Å². The second kappa shape index (κ2) is 16.0. The van der Waals surface area contributed by atoms with E-state index < -0.39 is 0 Å². The minimum absolute atomic E-state index is 0. The molecule has 0 rings (SSSR count). The molecular formula is C3H10P2ReRf. The first-order valence-corrected chi connectivity index (χ1v) is 5.12. The Bertz CT molecular complexity index is 20.4. The molecule has 0 aromatic heterocycles. The van der Waals surface area contributed by atoms with Crippen LogP contribution in [0.2, 0.25) is 0 Å². The van der Waals surface area contributed by atoms with Crippen LogP contribution in [-0.2, 0) is 20.4 Å². The van der Waals surface area contributed by atoms with Crippen LogP contribution in [0.3, 0.4) is 0 Å². The average Bonchev–Trinajstić information content (AvgIpc) is 1.41. The normalized spacial score (nSPS) is 9.43. The van der Waals surface area contributed by atoms with Gasteiger partial charge in [-0.25, -0.2) is 0 Å². The first-order valence-electron chi connectivity index (χ1n) is 1.71. The minimum Gasteiger partial charge on any atom is -0.121 e. The van der Waals surface area contributed by atoms with Gasteiger partial charge in [-0.15, -0.1) is 17.2 Å². The van der Waals surface area contributed by atoms with Gasteiger partial charge in [-0.05, 0) is 19.2 Å². The summed E-state index contributed by atoms with van der Waals surface area (Å²) < 4.78 is 0. The Morgan fingerprint density at radius 3 is 1.43 bits per heavy atom. The van der Waals surface area contributed by atoms with E-state index in [-0.39, 0.29) is 20.4 Å². The summed E-state index contributed by atoms with van der Waals surface area (Å²) in [5.74, 6) is 1.44. The van der Waals surface area contributed by atoms with Gasteiger partial charge >= 0.3 is 0 Å². The molecule has 0 aliphatic carbocycles. The zero-order valence-corrected chi connectivity index (χ0v) is 15.9. The molecule has 0 saturated carbocycles. The molecule has 41 valence electrons. The molecule has 0 spiro atoms. The maximum absolute atomic E-state index is 2.25. The fourth-order valence-electron chi connectivity index (χ4n) is 0.177. The summed E-state index contributed by atoms with van der Waals surface area (Å²) in [6, 6.07) is 0. The molecular weight excluding hydrogens is 551 g/mol. The third-order valence-corrected chi connectivity index (χ3v) is 3.18. The summed E-state index contributed by atoms with van der Waals surface area (Å²) in [5, 5.41) is 0. The predicted octanol–water partition coefficient (Wildman–Crippen LogP) is 1.56. The third-order valence-electron chi connectivity index (χ3n) is 0.354. The molecule has 7 heavy (non-hydrogen) atoms. The van der Waals surface area contributed by atoms with Crippen LogP contribution < -0.4 is 0 Å². The number of rotatable bonds is 2. The molecule has 0 heterocycles. The summed E-state index contributed by atoms with van der Waals surface area (Å²) >= 11 is 0. The monoisotopic (exact) mass is 562 g/mol. The average molecular weight is 561 g/mol. The van der Waals surface area contributed by atoms with Gasteiger partial charge in [0.2, 0.25) is 0 Å². The molecule has 0 bridgehead atoms. The Balaban J connectivity index is -0.0000000800. The first-order chi connectivity index (χ1) is 2.41. The predicted molar refractivity (Wildman–Crippen MR) is 33.3 cm³/mol. The summed E-state index contributed by atoms with van der Waals surface area (Å²) in [5.41, 5.74) is 0. The summed E-state index contributed by atoms with van der Waals surface area (Å²) in [6.07, 6.45) is 0. The van der Waals surface area contributed by atoms with Crippen molar-refractivity contribution in [3.05, 3.63) is 0 Å². The maximum Gasteiger partial charge on any atom is 0 e. The van der Waals surface area contributed by atoms with Gasteiger partial charge in [-0.3, -0.25) is 0 Å². The van der Waals surface area contributed by atoms with Crippen molar-refractivity contribution in [3.8, 4) is 0 Å². The summed E-state index contributed by atoms with van der Waals surface area (Å²) in [4.78, 5) is 0. The van der Waals surface area contributed by atoms with Crippen molar-refractivity contribution in [1.82, 2.24) is 0 Å². The largest absolute Gasteiger partial charge is 0.121 e. The van der Waals surface area contributed by atoms with Crippen LogP contribution in [0.5, 0.6) is 0 Å². The van der Waals surface area contributed by atoms with E-state index in [0.717, 1.165) is 0 Å². The van der Waals surface area contributed by atoms with Crippen molar-refractivity contribution in [2.75, 3.05) is 19.2 Å². The molecule has 0 aromatic carbocycles. The van der Waals surface area contributed by atoms with Gasteiger partial charge in [0.25, 0.3) is 0 Å². The van der Waals surface area contributed by atoms with Crippen LogP contribution in [0.1, 0.15) is 0 Å². The Hall–Kier alpha value is 0.522. The van der Waals surface area contributed by atoms with Gasteiger partial charge < -0.3 is 0 Å². The van der Waals surface area contributed by atoms with Crippen LogP contribution in [0.25, 0.3) is 0 Å². The van der Waals surface area contributed by atoms with Crippen molar-refractivity contribution in [2.24, 2.45) is 0 Å². The standard InChI is InChI=1S/C3H10P2.Re.Rf/c1-4-3-5-2;;/h4-5H,3H2,1-2H3;;. The third kappa shape index (κ3) is 21.0. The van der Waals surface area contributed by atoms with E-state index in [2.05, 4.69) is 13.3 Å². The van der Waals surface area contributed by atoms with E-state index in [4.69, 9.17) is 0 Å². The van der Waals surface area contributed by atoms with Crippen molar-refractivity contribution < 1.29 is 20.4 Å². The van der Waals surface area contributed by atoms with Crippen molar-refractivity contribution in [3.63, 3.8) is 0 Å². The van der Waals surface area contributed by atoms with Crippen LogP contribution in [-0.4, -0.2) is 19.2 Å². The second-order valence-corrected chi connectivity index (χ2v) is 3.71. The molecule has 2 atom stereocenters. The van der Waals surface area contributed by atoms with E-state index in [1.54, 1.807) is 0 Å².